The van der Waals surface area contributed by atoms with Crippen LogP contribution >= 0.6 is 11.6 Å². The number of amides is 1. The summed E-state index contributed by atoms with van der Waals surface area (Å²) in [6.07, 6.45) is -4.81. The molecule has 25 heavy (non-hydrogen) atoms. The predicted molar refractivity (Wildman–Crippen MR) is 79.0 cm³/mol. The number of ether oxygens (including phenoxy) is 1. The number of aryl methyl sites for hydroxylation is 2. The summed E-state index contributed by atoms with van der Waals surface area (Å²) in [6.45, 7) is -1.52. The van der Waals surface area contributed by atoms with Gasteiger partial charge in [0.15, 0.2) is 11.4 Å². The first-order chi connectivity index (χ1) is 11.5. The van der Waals surface area contributed by atoms with Crippen molar-refractivity contribution in [2.75, 3.05) is 5.32 Å². The average Bonchev–Trinajstić information content (AvgIpc) is 2.76. The van der Waals surface area contributed by atoms with Crippen LogP contribution in [0.2, 0.25) is 5.02 Å². The number of nitrogens with zero attached hydrogens (tertiary/aromatic N) is 2. The number of alkyl halides is 5. The van der Waals surface area contributed by atoms with E-state index < -0.39 is 35.1 Å². The predicted octanol–water partition coefficient (Wildman–Crippen LogP) is 4.25. The fourth-order valence-electron chi connectivity index (χ4n) is 2.07. The van der Waals surface area contributed by atoms with Gasteiger partial charge in [-0.1, -0.05) is 17.7 Å². The Morgan fingerprint density at radius 1 is 1.36 bits per heavy atom. The zero-order valence-corrected chi connectivity index (χ0v) is 13.5. The van der Waals surface area contributed by atoms with E-state index in [9.17, 15) is 26.7 Å². The standard InChI is InChI=1S/C14H11ClF5N3O2/c1-6-3-4-8(25-13(16)17)7(5-6)21-12(24)10-9(15)11(14(18,19)20)23(2)22-10/h3-5,13H,1-2H3,(H,21,24). The van der Waals surface area contributed by atoms with Gasteiger partial charge >= 0.3 is 12.8 Å². The molecule has 0 bridgehead atoms. The lowest BCUT2D eigenvalue weighted by atomic mass is 10.2. The average molecular weight is 384 g/mol. The molecule has 11 heteroatoms. The van der Waals surface area contributed by atoms with Crippen molar-refractivity contribution in [2.45, 2.75) is 19.7 Å². The first-order valence-electron chi connectivity index (χ1n) is 6.67. The smallest absolute Gasteiger partial charge is 0.433 e. The second kappa shape index (κ2) is 6.87. The largest absolute Gasteiger partial charge is 0.434 e. The van der Waals surface area contributed by atoms with Crippen LogP contribution < -0.4 is 10.1 Å². The molecular weight excluding hydrogens is 373 g/mol. The Bertz CT molecular complexity index is 804. The zero-order valence-electron chi connectivity index (χ0n) is 12.8. The lowest BCUT2D eigenvalue weighted by Crippen LogP contribution is -2.15. The third kappa shape index (κ3) is 4.19. The Labute approximate surface area is 143 Å². The number of rotatable bonds is 4. The summed E-state index contributed by atoms with van der Waals surface area (Å²) in [5.74, 6) is -1.45. The van der Waals surface area contributed by atoms with Gasteiger partial charge in [0.25, 0.3) is 5.91 Å². The minimum absolute atomic E-state index is 0.152. The molecule has 0 fully saturated rings. The number of anilines is 1. The van der Waals surface area contributed by atoms with E-state index in [1.807, 2.05) is 0 Å². The molecule has 0 saturated heterocycles. The van der Waals surface area contributed by atoms with Gasteiger partial charge in [0, 0.05) is 7.05 Å². The molecule has 0 radical (unpaired) electrons. The maximum absolute atomic E-state index is 12.9. The van der Waals surface area contributed by atoms with Crippen molar-refractivity contribution in [1.82, 2.24) is 9.78 Å². The second-order valence-electron chi connectivity index (χ2n) is 4.96. The molecular formula is C14H11ClF5N3O2. The molecule has 0 atom stereocenters. The first kappa shape index (κ1) is 19.0. The van der Waals surface area contributed by atoms with E-state index in [1.165, 1.54) is 18.2 Å². The lowest BCUT2D eigenvalue weighted by molar-refractivity contribution is -0.143. The molecule has 0 aliphatic heterocycles. The Kier molecular flexibility index (Phi) is 5.21. The third-order valence-corrected chi connectivity index (χ3v) is 3.43. The summed E-state index contributed by atoms with van der Waals surface area (Å²) < 4.78 is 68.2. The summed E-state index contributed by atoms with van der Waals surface area (Å²) in [4.78, 5) is 12.2. The van der Waals surface area contributed by atoms with Crippen LogP contribution in [0.1, 0.15) is 21.7 Å². The molecule has 1 N–H and O–H groups in total. The van der Waals surface area contributed by atoms with Gasteiger partial charge in [-0.05, 0) is 24.6 Å². The van der Waals surface area contributed by atoms with E-state index in [1.54, 1.807) is 6.92 Å². The van der Waals surface area contributed by atoms with Gasteiger partial charge < -0.3 is 10.1 Å². The van der Waals surface area contributed by atoms with Crippen LogP contribution in [0.25, 0.3) is 0 Å². The number of hydrogen-bond acceptors (Lipinski definition) is 3. The van der Waals surface area contributed by atoms with E-state index in [2.05, 4.69) is 15.2 Å². The van der Waals surface area contributed by atoms with Crippen molar-refractivity contribution in [3.8, 4) is 5.75 Å². The molecule has 1 aromatic heterocycles. The lowest BCUT2D eigenvalue weighted by Gasteiger charge is -2.12. The highest BCUT2D eigenvalue weighted by molar-refractivity contribution is 6.34. The van der Waals surface area contributed by atoms with Crippen LogP contribution in [0.15, 0.2) is 18.2 Å². The first-order valence-corrected chi connectivity index (χ1v) is 7.05. The molecule has 2 aromatic rings. The number of carbonyl (C=O) groups is 1. The van der Waals surface area contributed by atoms with Crippen LogP contribution in [0, 0.1) is 6.92 Å². The number of benzene rings is 1. The molecule has 1 amide bonds. The van der Waals surface area contributed by atoms with E-state index in [-0.39, 0.29) is 11.4 Å². The van der Waals surface area contributed by atoms with Crippen molar-refractivity contribution in [3.63, 3.8) is 0 Å². The molecule has 0 saturated carbocycles. The van der Waals surface area contributed by atoms with Gasteiger partial charge in [-0.2, -0.15) is 27.1 Å². The summed E-state index contributed by atoms with van der Waals surface area (Å²) in [7, 11) is 0.976. The summed E-state index contributed by atoms with van der Waals surface area (Å²) in [5.41, 5.74) is -1.55. The van der Waals surface area contributed by atoms with Gasteiger partial charge in [0.2, 0.25) is 0 Å². The Balaban J connectivity index is 2.37. The second-order valence-corrected chi connectivity index (χ2v) is 5.34. The molecule has 0 aliphatic carbocycles. The Morgan fingerprint density at radius 3 is 2.52 bits per heavy atom. The maximum atomic E-state index is 12.9. The van der Waals surface area contributed by atoms with Crippen molar-refractivity contribution >= 4 is 23.2 Å². The normalized spacial score (nSPS) is 11.7. The third-order valence-electron chi connectivity index (χ3n) is 3.07. The minimum atomic E-state index is -4.81. The highest BCUT2D eigenvalue weighted by Gasteiger charge is 2.40. The highest BCUT2D eigenvalue weighted by Crippen LogP contribution is 2.36. The van der Waals surface area contributed by atoms with Crippen LogP contribution in [-0.2, 0) is 13.2 Å². The molecule has 1 heterocycles. The number of halogens is 6. The van der Waals surface area contributed by atoms with Crippen molar-refractivity contribution in [2.24, 2.45) is 7.05 Å². The monoisotopic (exact) mass is 383 g/mol. The molecule has 136 valence electrons. The maximum Gasteiger partial charge on any atom is 0.434 e. The summed E-state index contributed by atoms with van der Waals surface area (Å²) in [6, 6.07) is 3.97. The Hall–Kier alpha value is -2.36. The number of hydrogen-bond donors (Lipinski definition) is 1. The quantitative estimate of drug-likeness (QED) is 0.803. The Morgan fingerprint density at radius 2 is 2.00 bits per heavy atom. The molecule has 0 unspecified atom stereocenters. The molecule has 2 rings (SSSR count). The summed E-state index contributed by atoms with van der Waals surface area (Å²) in [5, 5.41) is 4.74. The van der Waals surface area contributed by atoms with E-state index in [4.69, 9.17) is 11.6 Å². The SMILES string of the molecule is Cc1ccc(OC(F)F)c(NC(=O)c2nn(C)c(C(F)(F)F)c2Cl)c1. The van der Waals surface area contributed by atoms with Crippen LogP contribution in [0.3, 0.4) is 0 Å². The van der Waals surface area contributed by atoms with E-state index in [0.717, 1.165) is 7.05 Å². The van der Waals surface area contributed by atoms with E-state index in [0.29, 0.717) is 10.2 Å². The van der Waals surface area contributed by atoms with Gasteiger partial charge in [-0.25, -0.2) is 0 Å². The molecule has 1 aromatic carbocycles. The zero-order chi connectivity index (χ0) is 18.9. The van der Waals surface area contributed by atoms with Gasteiger partial charge in [-0.15, -0.1) is 0 Å². The van der Waals surface area contributed by atoms with Gasteiger partial charge in [0.05, 0.1) is 5.69 Å². The highest BCUT2D eigenvalue weighted by atomic mass is 35.5. The van der Waals surface area contributed by atoms with Crippen LogP contribution in [-0.4, -0.2) is 22.3 Å². The minimum Gasteiger partial charge on any atom is -0.433 e. The fraction of sp³-hybridized carbons (Fsp3) is 0.286. The van der Waals surface area contributed by atoms with Gasteiger partial charge in [-0.3, -0.25) is 9.48 Å². The number of carbonyl (C=O) groups excluding carboxylic acids is 1. The topological polar surface area (TPSA) is 56.1 Å². The fourth-order valence-corrected chi connectivity index (χ4v) is 2.43. The molecule has 0 spiro atoms. The number of nitrogens with one attached hydrogen (secondary N) is 1. The van der Waals surface area contributed by atoms with Gasteiger partial charge in [0.1, 0.15) is 10.8 Å². The van der Waals surface area contributed by atoms with E-state index >= 15 is 0 Å². The van der Waals surface area contributed by atoms with Crippen molar-refractivity contribution < 1.29 is 31.5 Å². The molecule has 5 nitrogen and oxygen atoms in total. The van der Waals surface area contributed by atoms with Crippen LogP contribution in [0.5, 0.6) is 5.75 Å². The van der Waals surface area contributed by atoms with Crippen molar-refractivity contribution in [1.29, 1.82) is 0 Å². The van der Waals surface area contributed by atoms with Crippen molar-refractivity contribution in [3.05, 3.63) is 40.2 Å². The molecule has 0 aliphatic rings. The summed E-state index contributed by atoms with van der Waals surface area (Å²) >= 11 is 5.62. The van der Waals surface area contributed by atoms with Crippen LogP contribution in [0.4, 0.5) is 27.6 Å². The number of aromatic nitrogens is 2.